The first-order chi connectivity index (χ1) is 7.93. The molecule has 0 N–H and O–H groups in total. The number of halogens is 2. The van der Waals surface area contributed by atoms with Crippen molar-refractivity contribution >= 4 is 35.0 Å². The number of methoxy groups -OCH3 is 1. The summed E-state index contributed by atoms with van der Waals surface area (Å²) in [6, 6.07) is 4.60. The van der Waals surface area contributed by atoms with Crippen molar-refractivity contribution in [3.8, 4) is 0 Å². The minimum absolute atomic E-state index is 0.0728. The number of carbonyl (C=O) groups is 2. The van der Waals surface area contributed by atoms with E-state index >= 15 is 0 Å². The van der Waals surface area contributed by atoms with Crippen LogP contribution >= 0.6 is 23.2 Å². The van der Waals surface area contributed by atoms with E-state index in [0.717, 1.165) is 0 Å². The van der Waals surface area contributed by atoms with Crippen LogP contribution in [0.5, 0.6) is 0 Å². The second kappa shape index (κ2) is 6.03. The molecule has 0 radical (unpaired) electrons. The quantitative estimate of drug-likeness (QED) is 0.625. The maximum Gasteiger partial charge on any atom is 0.308 e. The molecular weight excluding hydrogens is 263 g/mol. The molecule has 0 spiro atoms. The molecule has 5 heteroatoms. The van der Waals surface area contributed by atoms with Crippen LogP contribution in [0.3, 0.4) is 0 Å². The van der Waals surface area contributed by atoms with E-state index in [1.54, 1.807) is 13.0 Å². The van der Waals surface area contributed by atoms with Gasteiger partial charge in [0.2, 0.25) is 0 Å². The summed E-state index contributed by atoms with van der Waals surface area (Å²) in [6.07, 6.45) is 0.0728. The predicted molar refractivity (Wildman–Crippen MR) is 66.6 cm³/mol. The molecule has 0 bridgehead atoms. The predicted octanol–water partition coefficient (Wildman–Crippen LogP) is 3.38. The summed E-state index contributed by atoms with van der Waals surface area (Å²) in [5, 5.41) is 0.790. The maximum absolute atomic E-state index is 11.9. The van der Waals surface area contributed by atoms with E-state index in [1.165, 1.54) is 19.2 Å². The molecule has 0 saturated heterocycles. The molecule has 1 aromatic carbocycles. The number of esters is 1. The van der Waals surface area contributed by atoms with Gasteiger partial charge in [-0.3, -0.25) is 9.59 Å². The number of carbonyl (C=O) groups excluding carboxylic acids is 2. The molecule has 1 rings (SSSR count). The van der Waals surface area contributed by atoms with E-state index < -0.39 is 11.9 Å². The summed E-state index contributed by atoms with van der Waals surface area (Å²) in [5.74, 6) is -1.08. The molecule has 0 saturated carbocycles. The van der Waals surface area contributed by atoms with Gasteiger partial charge >= 0.3 is 5.97 Å². The first-order valence-electron chi connectivity index (χ1n) is 5.01. The minimum Gasteiger partial charge on any atom is -0.469 e. The van der Waals surface area contributed by atoms with Crippen LogP contribution in [0.15, 0.2) is 18.2 Å². The highest BCUT2D eigenvalue weighted by atomic mass is 35.5. The second-order valence-corrected chi connectivity index (χ2v) is 4.58. The molecule has 0 heterocycles. The van der Waals surface area contributed by atoms with Gasteiger partial charge in [-0.1, -0.05) is 30.1 Å². The van der Waals surface area contributed by atoms with Crippen molar-refractivity contribution in [3.05, 3.63) is 33.8 Å². The van der Waals surface area contributed by atoms with E-state index in [1.807, 2.05) is 0 Å². The van der Waals surface area contributed by atoms with Crippen molar-refractivity contribution in [2.24, 2.45) is 5.92 Å². The van der Waals surface area contributed by atoms with Crippen LogP contribution in [0.1, 0.15) is 23.7 Å². The van der Waals surface area contributed by atoms with Gasteiger partial charge in [0, 0.05) is 22.0 Å². The van der Waals surface area contributed by atoms with Crippen molar-refractivity contribution in [2.45, 2.75) is 13.3 Å². The Morgan fingerprint density at radius 1 is 1.24 bits per heavy atom. The largest absolute Gasteiger partial charge is 0.469 e. The summed E-state index contributed by atoms with van der Waals surface area (Å²) in [6.45, 7) is 1.63. The van der Waals surface area contributed by atoms with E-state index in [0.29, 0.717) is 15.6 Å². The smallest absolute Gasteiger partial charge is 0.308 e. The Morgan fingerprint density at radius 2 is 1.76 bits per heavy atom. The molecule has 0 fully saturated rings. The molecule has 1 unspecified atom stereocenters. The van der Waals surface area contributed by atoms with Gasteiger partial charge in [0.25, 0.3) is 0 Å². The summed E-state index contributed by atoms with van der Waals surface area (Å²) < 4.78 is 4.55. The Labute approximate surface area is 110 Å². The summed E-state index contributed by atoms with van der Waals surface area (Å²) in [7, 11) is 1.29. The lowest BCUT2D eigenvalue weighted by molar-refractivity contribution is -0.144. The lowest BCUT2D eigenvalue weighted by Gasteiger charge is -2.08. The average Bonchev–Trinajstić information content (AvgIpc) is 2.26. The fourth-order valence-corrected chi connectivity index (χ4v) is 1.92. The van der Waals surface area contributed by atoms with Gasteiger partial charge in [-0.2, -0.15) is 0 Å². The maximum atomic E-state index is 11.9. The van der Waals surface area contributed by atoms with Crippen molar-refractivity contribution in [1.82, 2.24) is 0 Å². The highest BCUT2D eigenvalue weighted by molar-refractivity contribution is 6.35. The number of ether oxygens (including phenoxy) is 1. The number of benzene rings is 1. The van der Waals surface area contributed by atoms with Gasteiger partial charge in [0.05, 0.1) is 13.0 Å². The van der Waals surface area contributed by atoms with Gasteiger partial charge in [-0.05, 0) is 18.2 Å². The fourth-order valence-electron chi connectivity index (χ4n) is 1.40. The van der Waals surface area contributed by atoms with Gasteiger partial charge in [-0.15, -0.1) is 0 Å². The Kier molecular flexibility index (Phi) is 4.97. The van der Waals surface area contributed by atoms with E-state index in [9.17, 15) is 9.59 Å². The topological polar surface area (TPSA) is 43.4 Å². The second-order valence-electron chi connectivity index (χ2n) is 3.71. The average molecular weight is 275 g/mol. The standard InChI is InChI=1S/C12H12Cl2O3/c1-7(12(16)17-2)3-11(15)8-4-9(13)6-10(14)5-8/h4-7H,3H2,1-2H3. The van der Waals surface area contributed by atoms with Crippen LogP contribution in [-0.4, -0.2) is 18.9 Å². The normalized spacial score (nSPS) is 12.0. The van der Waals surface area contributed by atoms with Gasteiger partial charge in [0.15, 0.2) is 5.78 Å². The van der Waals surface area contributed by atoms with Crippen LogP contribution in [0.2, 0.25) is 10.0 Å². The zero-order valence-electron chi connectivity index (χ0n) is 9.50. The third-order valence-corrected chi connectivity index (χ3v) is 2.72. The molecule has 92 valence electrons. The molecule has 0 aliphatic rings. The zero-order valence-corrected chi connectivity index (χ0v) is 11.0. The SMILES string of the molecule is COC(=O)C(C)CC(=O)c1cc(Cl)cc(Cl)c1. The molecule has 17 heavy (non-hydrogen) atoms. The van der Waals surface area contributed by atoms with Gasteiger partial charge in [0.1, 0.15) is 0 Å². The number of hydrogen-bond donors (Lipinski definition) is 0. The number of ketones is 1. The summed E-state index contributed by atoms with van der Waals surface area (Å²) in [4.78, 5) is 23.0. The first-order valence-corrected chi connectivity index (χ1v) is 5.76. The minimum atomic E-state index is -0.481. The molecule has 0 aromatic heterocycles. The highest BCUT2D eigenvalue weighted by Gasteiger charge is 2.18. The van der Waals surface area contributed by atoms with Crippen LogP contribution < -0.4 is 0 Å². The zero-order chi connectivity index (χ0) is 13.0. The lowest BCUT2D eigenvalue weighted by atomic mass is 10.00. The van der Waals surface area contributed by atoms with E-state index in [2.05, 4.69) is 4.74 Å². The molecule has 0 aliphatic heterocycles. The highest BCUT2D eigenvalue weighted by Crippen LogP contribution is 2.21. The van der Waals surface area contributed by atoms with Crippen LogP contribution in [-0.2, 0) is 9.53 Å². The van der Waals surface area contributed by atoms with E-state index in [4.69, 9.17) is 23.2 Å². The molecule has 3 nitrogen and oxygen atoms in total. The Bertz CT molecular complexity index is 423. The number of rotatable bonds is 4. The molecular formula is C12H12Cl2O3. The monoisotopic (exact) mass is 274 g/mol. The molecule has 1 aromatic rings. The first kappa shape index (κ1) is 14.0. The number of hydrogen-bond acceptors (Lipinski definition) is 3. The third kappa shape index (κ3) is 4.02. The summed E-state index contributed by atoms with van der Waals surface area (Å²) >= 11 is 11.6. The fraction of sp³-hybridized carbons (Fsp3) is 0.333. The molecule has 1 atom stereocenters. The third-order valence-electron chi connectivity index (χ3n) is 2.28. The van der Waals surface area contributed by atoms with Gasteiger partial charge < -0.3 is 4.74 Å². The van der Waals surface area contributed by atoms with Crippen molar-refractivity contribution in [2.75, 3.05) is 7.11 Å². The van der Waals surface area contributed by atoms with Crippen molar-refractivity contribution in [1.29, 1.82) is 0 Å². The Morgan fingerprint density at radius 3 is 2.24 bits per heavy atom. The Balaban J connectivity index is 2.79. The van der Waals surface area contributed by atoms with Crippen LogP contribution in [0.4, 0.5) is 0 Å². The van der Waals surface area contributed by atoms with Crippen LogP contribution in [0.25, 0.3) is 0 Å². The Hall–Kier alpha value is -1.06. The van der Waals surface area contributed by atoms with Crippen molar-refractivity contribution in [3.63, 3.8) is 0 Å². The van der Waals surface area contributed by atoms with Crippen molar-refractivity contribution < 1.29 is 14.3 Å². The van der Waals surface area contributed by atoms with Gasteiger partial charge in [-0.25, -0.2) is 0 Å². The molecule has 0 amide bonds. The lowest BCUT2D eigenvalue weighted by Crippen LogP contribution is -2.16. The number of Topliss-reactive ketones (excluding diaryl/α,β-unsaturated/α-hetero) is 1. The van der Waals surface area contributed by atoms with E-state index in [-0.39, 0.29) is 12.2 Å². The van der Waals surface area contributed by atoms with Crippen LogP contribution in [0, 0.1) is 5.92 Å². The molecule has 0 aliphatic carbocycles. The summed E-state index contributed by atoms with van der Waals surface area (Å²) in [5.41, 5.74) is 0.401.